The van der Waals surface area contributed by atoms with Crippen LogP contribution in [0.4, 0.5) is 0 Å². The maximum atomic E-state index is 12.5. The van der Waals surface area contributed by atoms with E-state index in [0.29, 0.717) is 29.4 Å². The van der Waals surface area contributed by atoms with Crippen LogP contribution in [0.25, 0.3) is 0 Å². The van der Waals surface area contributed by atoms with Crippen molar-refractivity contribution >= 4 is 40.0 Å². The topological polar surface area (TPSA) is 44.1 Å². The van der Waals surface area contributed by atoms with E-state index in [-0.39, 0.29) is 5.78 Å². The van der Waals surface area contributed by atoms with Crippen molar-refractivity contribution in [1.82, 2.24) is 9.78 Å². The van der Waals surface area contributed by atoms with Gasteiger partial charge < -0.3 is 4.74 Å². The Bertz CT molecular complexity index is 598. The summed E-state index contributed by atoms with van der Waals surface area (Å²) in [4.78, 5) is 12.5. The van der Waals surface area contributed by atoms with Gasteiger partial charge in [0, 0.05) is 16.2 Å². The molecule has 0 radical (unpaired) electrons. The molecule has 0 unspecified atom stereocenters. The summed E-state index contributed by atoms with van der Waals surface area (Å²) in [6.45, 7) is 0.971. The van der Waals surface area contributed by atoms with E-state index in [1.54, 1.807) is 17.9 Å². The molecule has 6 heteroatoms. The fourth-order valence-electron chi connectivity index (χ4n) is 1.70. The number of hydrogen-bond donors (Lipinski definition) is 0. The van der Waals surface area contributed by atoms with E-state index < -0.39 is 0 Å². The number of ketones is 1. The molecule has 0 aliphatic carbocycles. The molecule has 4 nitrogen and oxygen atoms in total. The van der Waals surface area contributed by atoms with Gasteiger partial charge in [0.2, 0.25) is 5.78 Å². The zero-order valence-electron chi connectivity index (χ0n) is 10.3. The number of halogens is 2. The van der Waals surface area contributed by atoms with Crippen LogP contribution in [-0.2, 0) is 11.3 Å². The molecule has 0 atom stereocenters. The van der Waals surface area contributed by atoms with Gasteiger partial charge in [0.15, 0.2) is 0 Å². The van der Waals surface area contributed by atoms with Crippen LogP contribution in [0.2, 0.25) is 5.02 Å². The van der Waals surface area contributed by atoms with E-state index in [2.05, 4.69) is 27.7 Å². The Kier molecular flexibility index (Phi) is 4.95. The highest BCUT2D eigenvalue weighted by Gasteiger charge is 2.19. The first-order valence-corrected chi connectivity index (χ1v) is 7.09. The first kappa shape index (κ1) is 14.5. The van der Waals surface area contributed by atoms with E-state index in [0.717, 1.165) is 3.57 Å². The molecule has 0 N–H and O–H groups in total. The maximum Gasteiger partial charge on any atom is 0.212 e. The summed E-state index contributed by atoms with van der Waals surface area (Å²) in [6.07, 6.45) is 1.48. The lowest BCUT2D eigenvalue weighted by Gasteiger charge is -2.07. The van der Waals surface area contributed by atoms with Gasteiger partial charge in [-0.1, -0.05) is 23.7 Å². The molecular formula is C13H12ClIN2O2. The molecule has 19 heavy (non-hydrogen) atoms. The van der Waals surface area contributed by atoms with Gasteiger partial charge in [0.25, 0.3) is 0 Å². The summed E-state index contributed by atoms with van der Waals surface area (Å²) in [5.74, 6) is -0.128. The van der Waals surface area contributed by atoms with Crippen LogP contribution in [0.15, 0.2) is 30.5 Å². The van der Waals surface area contributed by atoms with Crippen molar-refractivity contribution in [3.05, 3.63) is 50.3 Å². The van der Waals surface area contributed by atoms with Gasteiger partial charge >= 0.3 is 0 Å². The Morgan fingerprint density at radius 2 is 2.32 bits per heavy atom. The van der Waals surface area contributed by atoms with E-state index in [4.69, 9.17) is 16.3 Å². The molecule has 1 aromatic heterocycles. The van der Waals surface area contributed by atoms with Crippen LogP contribution in [0, 0.1) is 3.57 Å². The Hall–Kier alpha value is -0.920. The van der Waals surface area contributed by atoms with Crippen molar-refractivity contribution in [2.75, 3.05) is 13.7 Å². The van der Waals surface area contributed by atoms with Crippen LogP contribution in [-0.4, -0.2) is 29.3 Å². The highest BCUT2D eigenvalue weighted by Crippen LogP contribution is 2.20. The number of nitrogens with zero attached hydrogens (tertiary/aromatic N) is 2. The molecule has 0 saturated heterocycles. The molecule has 1 aromatic carbocycles. The first-order valence-electron chi connectivity index (χ1n) is 5.64. The van der Waals surface area contributed by atoms with Gasteiger partial charge in [-0.05, 0) is 34.7 Å². The molecule has 100 valence electrons. The quantitative estimate of drug-likeness (QED) is 0.582. The number of ether oxygens (including phenoxy) is 1. The smallest absolute Gasteiger partial charge is 0.212 e. The number of carbonyl (C=O) groups excluding carboxylic acids is 1. The molecule has 0 saturated carbocycles. The van der Waals surface area contributed by atoms with Crippen LogP contribution < -0.4 is 0 Å². The molecule has 1 heterocycles. The standard InChI is InChI=1S/C13H12ClIN2O2/c1-19-6-5-17-12(11(14)8-16-17)13(18)9-3-2-4-10(15)7-9/h2-4,7-8H,5-6H2,1H3. The number of aromatic nitrogens is 2. The fraction of sp³-hybridized carbons (Fsp3) is 0.231. The molecule has 0 amide bonds. The van der Waals surface area contributed by atoms with Gasteiger partial charge in [-0.3, -0.25) is 9.48 Å². The van der Waals surface area contributed by atoms with Crippen molar-refractivity contribution in [3.8, 4) is 0 Å². The second kappa shape index (κ2) is 6.49. The molecule has 0 aliphatic heterocycles. The molecule has 0 aliphatic rings. The predicted octanol–water partition coefficient (Wildman–Crippen LogP) is 3.02. The van der Waals surface area contributed by atoms with Crippen molar-refractivity contribution < 1.29 is 9.53 Å². The Morgan fingerprint density at radius 3 is 3.00 bits per heavy atom. The highest BCUT2D eigenvalue weighted by molar-refractivity contribution is 14.1. The summed E-state index contributed by atoms with van der Waals surface area (Å²) in [5, 5.41) is 4.47. The number of carbonyl (C=O) groups is 1. The van der Waals surface area contributed by atoms with Crippen molar-refractivity contribution in [3.63, 3.8) is 0 Å². The van der Waals surface area contributed by atoms with Crippen molar-refractivity contribution in [2.45, 2.75) is 6.54 Å². The van der Waals surface area contributed by atoms with E-state index in [1.165, 1.54) is 6.20 Å². The lowest BCUT2D eigenvalue weighted by Crippen LogP contribution is -2.14. The van der Waals surface area contributed by atoms with Gasteiger partial charge in [-0.25, -0.2) is 0 Å². The minimum atomic E-state index is -0.128. The van der Waals surface area contributed by atoms with Crippen molar-refractivity contribution in [1.29, 1.82) is 0 Å². The summed E-state index contributed by atoms with van der Waals surface area (Å²) in [5.41, 5.74) is 1.01. The number of methoxy groups -OCH3 is 1. The Balaban J connectivity index is 2.35. The van der Waals surface area contributed by atoms with Crippen molar-refractivity contribution in [2.24, 2.45) is 0 Å². The lowest BCUT2D eigenvalue weighted by atomic mass is 10.1. The second-order valence-corrected chi connectivity index (χ2v) is 5.55. The Labute approximate surface area is 129 Å². The average Bonchev–Trinajstić information content (AvgIpc) is 2.76. The summed E-state index contributed by atoms with van der Waals surface area (Å²) >= 11 is 8.23. The third-order valence-corrected chi connectivity index (χ3v) is 3.55. The number of rotatable bonds is 5. The third kappa shape index (κ3) is 3.34. The van der Waals surface area contributed by atoms with Gasteiger partial charge in [-0.15, -0.1) is 0 Å². The number of hydrogen-bond acceptors (Lipinski definition) is 3. The SMILES string of the molecule is COCCn1ncc(Cl)c1C(=O)c1cccc(I)c1. The number of benzene rings is 1. The summed E-state index contributed by atoms with van der Waals surface area (Å²) in [7, 11) is 1.60. The highest BCUT2D eigenvalue weighted by atomic mass is 127. The van der Waals surface area contributed by atoms with E-state index in [1.807, 2.05) is 18.2 Å². The third-order valence-electron chi connectivity index (χ3n) is 2.60. The lowest BCUT2D eigenvalue weighted by molar-refractivity contribution is 0.102. The zero-order valence-corrected chi connectivity index (χ0v) is 13.2. The Morgan fingerprint density at radius 1 is 1.53 bits per heavy atom. The largest absolute Gasteiger partial charge is 0.383 e. The maximum absolute atomic E-state index is 12.5. The average molecular weight is 391 g/mol. The first-order chi connectivity index (χ1) is 9.13. The molecule has 0 fully saturated rings. The minimum Gasteiger partial charge on any atom is -0.383 e. The van der Waals surface area contributed by atoms with Crippen LogP contribution in [0.3, 0.4) is 0 Å². The fourth-order valence-corrected chi connectivity index (χ4v) is 2.47. The van der Waals surface area contributed by atoms with Gasteiger partial charge in [-0.2, -0.15) is 5.10 Å². The predicted molar refractivity (Wildman–Crippen MR) is 81.7 cm³/mol. The van der Waals surface area contributed by atoms with Crippen LogP contribution in [0.1, 0.15) is 16.1 Å². The molecule has 0 spiro atoms. The summed E-state index contributed by atoms with van der Waals surface area (Å²) < 4.78 is 7.58. The summed E-state index contributed by atoms with van der Waals surface area (Å²) in [6, 6.07) is 7.38. The second-order valence-electron chi connectivity index (χ2n) is 3.90. The zero-order chi connectivity index (χ0) is 13.8. The van der Waals surface area contributed by atoms with E-state index >= 15 is 0 Å². The van der Waals surface area contributed by atoms with Crippen LogP contribution in [0.5, 0.6) is 0 Å². The van der Waals surface area contributed by atoms with Gasteiger partial charge in [0.1, 0.15) is 5.69 Å². The molecular weight excluding hydrogens is 379 g/mol. The minimum absolute atomic E-state index is 0.128. The normalized spacial score (nSPS) is 10.7. The molecule has 2 aromatic rings. The molecule has 2 rings (SSSR count). The van der Waals surface area contributed by atoms with Gasteiger partial charge in [0.05, 0.1) is 24.4 Å². The van der Waals surface area contributed by atoms with Crippen LogP contribution >= 0.6 is 34.2 Å². The van der Waals surface area contributed by atoms with E-state index in [9.17, 15) is 4.79 Å². The monoisotopic (exact) mass is 390 g/mol. The molecule has 0 bridgehead atoms.